The fourth-order valence-corrected chi connectivity index (χ4v) is 2.60. The molecular formula is C18H19N3O3. The van der Waals surface area contributed by atoms with E-state index in [0.717, 1.165) is 22.5 Å². The van der Waals surface area contributed by atoms with Gasteiger partial charge in [0.1, 0.15) is 11.8 Å². The number of hydrogen-bond acceptors (Lipinski definition) is 4. The molecule has 24 heavy (non-hydrogen) atoms. The van der Waals surface area contributed by atoms with Crippen LogP contribution in [-0.4, -0.2) is 23.0 Å². The summed E-state index contributed by atoms with van der Waals surface area (Å²) in [5.41, 5.74) is 4.34. The van der Waals surface area contributed by atoms with Crippen molar-refractivity contribution in [2.24, 2.45) is 0 Å². The van der Waals surface area contributed by atoms with E-state index in [1.165, 1.54) is 12.1 Å². The van der Waals surface area contributed by atoms with Gasteiger partial charge in [-0.25, -0.2) is 0 Å². The normalized spacial score (nSPS) is 15.9. The van der Waals surface area contributed by atoms with Crippen molar-refractivity contribution in [3.8, 4) is 5.75 Å². The van der Waals surface area contributed by atoms with E-state index in [-0.39, 0.29) is 24.0 Å². The number of carbonyl (C=O) groups excluding carboxylic acids is 2. The summed E-state index contributed by atoms with van der Waals surface area (Å²) in [4.78, 5) is 24.3. The molecule has 0 saturated heterocycles. The van der Waals surface area contributed by atoms with E-state index in [9.17, 15) is 14.7 Å². The fourth-order valence-electron chi connectivity index (χ4n) is 2.60. The van der Waals surface area contributed by atoms with Crippen LogP contribution in [0.25, 0.3) is 0 Å². The number of amides is 2. The van der Waals surface area contributed by atoms with Crippen molar-refractivity contribution >= 4 is 28.9 Å². The number of anilines is 3. The van der Waals surface area contributed by atoms with Crippen LogP contribution in [0.3, 0.4) is 0 Å². The molecule has 6 nitrogen and oxygen atoms in total. The molecule has 3 rings (SSSR count). The average molecular weight is 325 g/mol. The summed E-state index contributed by atoms with van der Waals surface area (Å²) in [5.74, 6) is -0.379. The largest absolute Gasteiger partial charge is 0.508 e. The second-order valence-electron chi connectivity index (χ2n) is 5.97. The number of carbonyl (C=O) groups is 2. The van der Waals surface area contributed by atoms with Crippen molar-refractivity contribution in [2.75, 3.05) is 16.0 Å². The molecule has 0 radical (unpaired) electrons. The van der Waals surface area contributed by atoms with E-state index < -0.39 is 6.04 Å². The Hall–Kier alpha value is -3.02. The number of fused-ring (bicyclic) bond motifs is 1. The lowest BCUT2D eigenvalue weighted by Crippen LogP contribution is -2.41. The van der Waals surface area contributed by atoms with Gasteiger partial charge in [-0.05, 0) is 61.4 Å². The van der Waals surface area contributed by atoms with Crippen LogP contribution < -0.4 is 16.0 Å². The van der Waals surface area contributed by atoms with Crippen LogP contribution in [0, 0.1) is 13.8 Å². The van der Waals surface area contributed by atoms with Crippen LogP contribution in [0.2, 0.25) is 0 Å². The summed E-state index contributed by atoms with van der Waals surface area (Å²) >= 11 is 0. The van der Waals surface area contributed by atoms with Gasteiger partial charge in [0.15, 0.2) is 0 Å². The molecule has 1 aliphatic rings. The number of nitrogens with one attached hydrogen (secondary N) is 3. The third-order valence-electron chi connectivity index (χ3n) is 4.08. The number of phenols is 1. The Balaban J connectivity index is 1.68. The molecule has 0 bridgehead atoms. The molecular weight excluding hydrogens is 306 g/mol. The van der Waals surface area contributed by atoms with Crippen molar-refractivity contribution in [3.63, 3.8) is 0 Å². The van der Waals surface area contributed by atoms with Gasteiger partial charge in [-0.3, -0.25) is 9.59 Å². The molecule has 0 aromatic heterocycles. The number of aromatic hydroxyl groups is 1. The number of benzene rings is 2. The van der Waals surface area contributed by atoms with Crippen LogP contribution in [0.5, 0.6) is 5.75 Å². The molecule has 2 aromatic carbocycles. The first-order valence-electron chi connectivity index (χ1n) is 7.70. The van der Waals surface area contributed by atoms with Gasteiger partial charge in [-0.1, -0.05) is 0 Å². The molecule has 0 spiro atoms. The summed E-state index contributed by atoms with van der Waals surface area (Å²) in [6, 6.07) is 9.44. The Bertz CT molecular complexity index is 800. The predicted octanol–water partition coefficient (Wildman–Crippen LogP) is 2.77. The Labute approximate surface area is 139 Å². The molecule has 0 aliphatic carbocycles. The molecule has 2 aromatic rings. The highest BCUT2D eigenvalue weighted by atomic mass is 16.3. The Morgan fingerprint density at radius 1 is 1.12 bits per heavy atom. The zero-order valence-electron chi connectivity index (χ0n) is 13.5. The lowest BCUT2D eigenvalue weighted by molar-refractivity contribution is -0.122. The Morgan fingerprint density at radius 3 is 2.42 bits per heavy atom. The number of rotatable bonds is 3. The number of aryl methyl sites for hydroxylation is 2. The maximum absolute atomic E-state index is 12.2. The summed E-state index contributed by atoms with van der Waals surface area (Å²) < 4.78 is 0. The highest BCUT2D eigenvalue weighted by molar-refractivity contribution is 6.06. The Kier molecular flexibility index (Phi) is 4.12. The minimum absolute atomic E-state index is 0.0130. The van der Waals surface area contributed by atoms with Gasteiger partial charge in [-0.15, -0.1) is 0 Å². The van der Waals surface area contributed by atoms with Crippen LogP contribution in [0.4, 0.5) is 17.1 Å². The average Bonchev–Trinajstić information content (AvgIpc) is 2.52. The van der Waals surface area contributed by atoms with E-state index in [1.54, 1.807) is 12.1 Å². The highest BCUT2D eigenvalue weighted by Crippen LogP contribution is 2.30. The monoisotopic (exact) mass is 325 g/mol. The predicted molar refractivity (Wildman–Crippen MR) is 93.3 cm³/mol. The molecule has 1 heterocycles. The summed E-state index contributed by atoms with van der Waals surface area (Å²) in [5, 5.41) is 17.9. The zero-order chi connectivity index (χ0) is 17.3. The first kappa shape index (κ1) is 15.9. The SMILES string of the molecule is Cc1cc2c(cc1C)N[C@H](CC(=O)Nc1ccc(O)cc1)C(=O)N2. The van der Waals surface area contributed by atoms with Gasteiger partial charge in [0.25, 0.3) is 0 Å². The van der Waals surface area contributed by atoms with E-state index in [2.05, 4.69) is 16.0 Å². The van der Waals surface area contributed by atoms with Gasteiger partial charge in [0.2, 0.25) is 11.8 Å². The van der Waals surface area contributed by atoms with Crippen molar-refractivity contribution in [3.05, 3.63) is 47.5 Å². The molecule has 2 amide bonds. The lowest BCUT2D eigenvalue weighted by Gasteiger charge is -2.27. The van der Waals surface area contributed by atoms with E-state index >= 15 is 0 Å². The van der Waals surface area contributed by atoms with Crippen molar-refractivity contribution < 1.29 is 14.7 Å². The van der Waals surface area contributed by atoms with Crippen LogP contribution in [-0.2, 0) is 9.59 Å². The van der Waals surface area contributed by atoms with Crippen molar-refractivity contribution in [1.82, 2.24) is 0 Å². The molecule has 1 aliphatic heterocycles. The van der Waals surface area contributed by atoms with Crippen molar-refractivity contribution in [2.45, 2.75) is 26.3 Å². The van der Waals surface area contributed by atoms with E-state index in [1.807, 2.05) is 26.0 Å². The first-order valence-corrected chi connectivity index (χ1v) is 7.70. The molecule has 0 saturated carbocycles. The van der Waals surface area contributed by atoms with Gasteiger partial charge in [-0.2, -0.15) is 0 Å². The maximum atomic E-state index is 12.2. The number of phenolic OH excluding ortho intramolecular Hbond substituents is 1. The third-order valence-corrected chi connectivity index (χ3v) is 4.08. The Morgan fingerprint density at radius 2 is 1.75 bits per heavy atom. The quantitative estimate of drug-likeness (QED) is 0.653. The third kappa shape index (κ3) is 3.32. The molecule has 6 heteroatoms. The summed E-state index contributed by atoms with van der Waals surface area (Å²) in [6.07, 6.45) is 0.0130. The second kappa shape index (κ2) is 6.23. The second-order valence-corrected chi connectivity index (χ2v) is 5.97. The van der Waals surface area contributed by atoms with Gasteiger partial charge >= 0.3 is 0 Å². The molecule has 0 fully saturated rings. The maximum Gasteiger partial charge on any atom is 0.247 e. The summed E-state index contributed by atoms with van der Waals surface area (Å²) in [6.45, 7) is 3.99. The van der Waals surface area contributed by atoms with Crippen LogP contribution in [0.15, 0.2) is 36.4 Å². The molecule has 0 unspecified atom stereocenters. The zero-order valence-corrected chi connectivity index (χ0v) is 13.5. The van der Waals surface area contributed by atoms with Gasteiger partial charge in [0, 0.05) is 5.69 Å². The molecule has 124 valence electrons. The van der Waals surface area contributed by atoms with E-state index in [4.69, 9.17) is 0 Å². The molecule has 4 N–H and O–H groups in total. The minimum Gasteiger partial charge on any atom is -0.508 e. The molecule has 1 atom stereocenters. The van der Waals surface area contributed by atoms with Crippen LogP contribution >= 0.6 is 0 Å². The highest BCUT2D eigenvalue weighted by Gasteiger charge is 2.27. The van der Waals surface area contributed by atoms with Gasteiger partial charge < -0.3 is 21.1 Å². The van der Waals surface area contributed by atoms with Gasteiger partial charge in [0.05, 0.1) is 17.8 Å². The summed E-state index contributed by atoms with van der Waals surface area (Å²) in [7, 11) is 0. The van der Waals surface area contributed by atoms with E-state index in [0.29, 0.717) is 5.69 Å². The van der Waals surface area contributed by atoms with Crippen molar-refractivity contribution in [1.29, 1.82) is 0 Å². The fraction of sp³-hybridized carbons (Fsp3) is 0.222. The lowest BCUT2D eigenvalue weighted by atomic mass is 10.0. The number of hydrogen-bond donors (Lipinski definition) is 4. The minimum atomic E-state index is -0.628. The topological polar surface area (TPSA) is 90.5 Å². The standard InChI is InChI=1S/C18H19N3O3/c1-10-7-14-15(8-11(10)2)21-18(24)16(20-14)9-17(23)19-12-3-5-13(22)6-4-12/h3-8,16,20,22H,9H2,1-2H3,(H,19,23)(H,21,24)/t16-/m1/s1. The first-order chi connectivity index (χ1) is 11.4. The smallest absolute Gasteiger partial charge is 0.247 e. The van der Waals surface area contributed by atoms with Crippen LogP contribution in [0.1, 0.15) is 17.5 Å².